The number of carboxylic acid groups (broad SMARTS) is 1. The number of para-hydroxylation sites is 1. The molecule has 1 aromatic rings. The van der Waals surface area contributed by atoms with Crippen LogP contribution >= 0.6 is 0 Å². The Balaban J connectivity index is 2.17. The molecule has 3 rings (SSSR count). The third kappa shape index (κ3) is 1.07. The van der Waals surface area contributed by atoms with E-state index in [1.165, 1.54) is 5.56 Å². The van der Waals surface area contributed by atoms with Crippen LogP contribution in [0.4, 0.5) is 5.69 Å². The number of hydrogen-bond donors (Lipinski definition) is 1. The highest BCUT2D eigenvalue weighted by Gasteiger charge is 2.46. The van der Waals surface area contributed by atoms with Crippen LogP contribution in [-0.2, 0) is 11.2 Å². The average molecular weight is 215 g/mol. The summed E-state index contributed by atoms with van der Waals surface area (Å²) >= 11 is 0. The van der Waals surface area contributed by atoms with E-state index >= 15 is 0 Å². The number of fused-ring (bicyclic) bond motifs is 3. The minimum atomic E-state index is -0.809. The molecule has 0 saturated heterocycles. The molecule has 1 unspecified atom stereocenters. The van der Waals surface area contributed by atoms with Crippen LogP contribution in [-0.4, -0.2) is 24.0 Å². The minimum Gasteiger partial charge on any atom is -0.477 e. The molecule has 2 aliphatic heterocycles. The van der Waals surface area contributed by atoms with Crippen LogP contribution in [0.1, 0.15) is 5.56 Å². The van der Waals surface area contributed by atoms with Gasteiger partial charge in [0.2, 0.25) is 6.34 Å². The molecule has 80 valence electrons. The van der Waals surface area contributed by atoms with Gasteiger partial charge in [-0.1, -0.05) is 18.2 Å². The third-order valence-electron chi connectivity index (χ3n) is 3.18. The highest BCUT2D eigenvalue weighted by atomic mass is 16.4. The number of aliphatic carboxylic acids is 1. The van der Waals surface area contributed by atoms with Crippen molar-refractivity contribution in [3.8, 4) is 0 Å². The highest BCUT2D eigenvalue weighted by Crippen LogP contribution is 2.41. The summed E-state index contributed by atoms with van der Waals surface area (Å²) in [4.78, 5) is 15.1. The zero-order valence-electron chi connectivity index (χ0n) is 8.63. The van der Waals surface area contributed by atoms with E-state index in [4.69, 9.17) is 5.11 Å². The van der Waals surface area contributed by atoms with Gasteiger partial charge in [-0.15, -0.1) is 0 Å². The van der Waals surface area contributed by atoms with E-state index in [1.54, 1.807) is 12.5 Å². The first-order valence-electron chi connectivity index (χ1n) is 5.14. The second-order valence-electron chi connectivity index (χ2n) is 4.11. The van der Waals surface area contributed by atoms with Crippen molar-refractivity contribution in [3.63, 3.8) is 0 Å². The summed E-state index contributed by atoms with van der Waals surface area (Å²) in [6.07, 6.45) is 4.29. The molecule has 16 heavy (non-hydrogen) atoms. The lowest BCUT2D eigenvalue weighted by molar-refractivity contribution is -0.136. The topological polar surface area (TPSA) is 49.7 Å². The lowest BCUT2D eigenvalue weighted by atomic mass is 10.1. The van der Waals surface area contributed by atoms with Crippen LogP contribution in [0.2, 0.25) is 0 Å². The van der Waals surface area contributed by atoms with E-state index < -0.39 is 5.97 Å². The summed E-state index contributed by atoms with van der Waals surface area (Å²) in [5.41, 5.74) is 3.28. The second-order valence-corrected chi connectivity index (χ2v) is 4.11. The standard InChI is InChI=1S/C12H10N2O2/c15-12(16)7-14-8-13-6-10(14)5-9-3-1-2-4-11(9)14/h1-4,6,8H,5,7H2/p+1. The molecule has 0 fully saturated rings. The Kier molecular flexibility index (Phi) is 1.76. The quantitative estimate of drug-likeness (QED) is 0.760. The Labute approximate surface area is 92.7 Å². The van der Waals surface area contributed by atoms with Gasteiger partial charge in [-0.05, 0) is 0 Å². The van der Waals surface area contributed by atoms with Gasteiger partial charge in [0.25, 0.3) is 0 Å². The molecule has 0 amide bonds. The maximum absolute atomic E-state index is 11.0. The van der Waals surface area contributed by atoms with Crippen molar-refractivity contribution in [1.29, 1.82) is 0 Å². The Morgan fingerprint density at radius 1 is 1.44 bits per heavy atom. The zero-order chi connectivity index (χ0) is 11.2. The van der Waals surface area contributed by atoms with Gasteiger partial charge in [0.15, 0.2) is 6.54 Å². The van der Waals surface area contributed by atoms with Gasteiger partial charge in [0.1, 0.15) is 11.4 Å². The van der Waals surface area contributed by atoms with E-state index in [0.29, 0.717) is 0 Å². The van der Waals surface area contributed by atoms with Crippen molar-refractivity contribution in [2.75, 3.05) is 6.54 Å². The van der Waals surface area contributed by atoms with E-state index in [-0.39, 0.29) is 11.0 Å². The number of aliphatic imine (C=N–C) groups is 1. The van der Waals surface area contributed by atoms with Crippen LogP contribution in [0.25, 0.3) is 0 Å². The minimum absolute atomic E-state index is 0.0341. The molecule has 4 heteroatoms. The fourth-order valence-corrected chi connectivity index (χ4v) is 2.50. The highest BCUT2D eigenvalue weighted by molar-refractivity contribution is 5.90. The first-order valence-corrected chi connectivity index (χ1v) is 5.14. The van der Waals surface area contributed by atoms with Crippen molar-refractivity contribution < 1.29 is 9.90 Å². The van der Waals surface area contributed by atoms with Gasteiger partial charge >= 0.3 is 5.97 Å². The Hall–Kier alpha value is -1.94. The van der Waals surface area contributed by atoms with Crippen LogP contribution in [0.5, 0.6) is 0 Å². The predicted molar refractivity (Wildman–Crippen MR) is 61.0 cm³/mol. The SMILES string of the molecule is O=C(O)C[N+]12C=NC=C1Cc1ccccc12. The number of hydrogen-bond acceptors (Lipinski definition) is 2. The summed E-state index contributed by atoms with van der Waals surface area (Å²) in [6.45, 7) is 0.0341. The lowest BCUT2D eigenvalue weighted by Crippen LogP contribution is -2.46. The Morgan fingerprint density at radius 2 is 2.25 bits per heavy atom. The van der Waals surface area contributed by atoms with Crippen LogP contribution in [0.3, 0.4) is 0 Å². The van der Waals surface area contributed by atoms with E-state index in [0.717, 1.165) is 17.8 Å². The monoisotopic (exact) mass is 215 g/mol. The van der Waals surface area contributed by atoms with Crippen molar-refractivity contribution >= 4 is 18.0 Å². The Morgan fingerprint density at radius 3 is 3.06 bits per heavy atom. The molecule has 1 N–H and O–H groups in total. The molecule has 2 heterocycles. The van der Waals surface area contributed by atoms with Crippen LogP contribution in [0.15, 0.2) is 41.2 Å². The third-order valence-corrected chi connectivity index (χ3v) is 3.18. The van der Waals surface area contributed by atoms with Gasteiger partial charge in [-0.3, -0.25) is 0 Å². The van der Waals surface area contributed by atoms with Crippen molar-refractivity contribution in [2.45, 2.75) is 6.42 Å². The van der Waals surface area contributed by atoms with Crippen molar-refractivity contribution in [2.24, 2.45) is 4.99 Å². The number of quaternary nitrogens is 1. The number of carbonyl (C=O) groups is 1. The molecule has 0 spiro atoms. The summed E-state index contributed by atoms with van der Waals surface area (Å²) in [6, 6.07) is 7.95. The number of rotatable bonds is 2. The lowest BCUT2D eigenvalue weighted by Gasteiger charge is -2.25. The normalized spacial score (nSPS) is 25.1. The van der Waals surface area contributed by atoms with Crippen LogP contribution < -0.4 is 4.48 Å². The summed E-state index contributed by atoms with van der Waals surface area (Å²) < 4.78 is 0.269. The number of carboxylic acids is 1. The smallest absolute Gasteiger partial charge is 0.360 e. The van der Waals surface area contributed by atoms with Crippen LogP contribution in [0, 0.1) is 0 Å². The molecule has 1 atom stereocenters. The first-order chi connectivity index (χ1) is 7.72. The first kappa shape index (κ1) is 9.30. The summed E-state index contributed by atoms with van der Waals surface area (Å²) in [7, 11) is 0. The molecular weight excluding hydrogens is 204 g/mol. The summed E-state index contributed by atoms with van der Waals surface area (Å²) in [5.74, 6) is -0.809. The number of benzene rings is 1. The van der Waals surface area contributed by atoms with E-state index in [1.807, 2.05) is 24.3 Å². The van der Waals surface area contributed by atoms with E-state index in [2.05, 4.69) is 4.99 Å². The second kappa shape index (κ2) is 3.02. The molecular formula is C12H11N2O2+. The average Bonchev–Trinajstić information content (AvgIpc) is 2.72. The van der Waals surface area contributed by atoms with E-state index in [9.17, 15) is 4.79 Å². The molecule has 0 saturated carbocycles. The summed E-state index contributed by atoms with van der Waals surface area (Å²) in [5, 5.41) is 9.04. The largest absolute Gasteiger partial charge is 0.477 e. The Bertz CT molecular complexity index is 534. The molecule has 2 aliphatic rings. The molecule has 1 aromatic carbocycles. The fourth-order valence-electron chi connectivity index (χ4n) is 2.50. The van der Waals surface area contributed by atoms with Gasteiger partial charge in [-0.2, -0.15) is 0 Å². The molecule has 0 radical (unpaired) electrons. The van der Waals surface area contributed by atoms with Gasteiger partial charge in [0.05, 0.1) is 12.6 Å². The maximum Gasteiger partial charge on any atom is 0.360 e. The molecule has 0 bridgehead atoms. The molecule has 4 nitrogen and oxygen atoms in total. The fraction of sp³-hybridized carbons (Fsp3) is 0.167. The molecule has 0 aliphatic carbocycles. The maximum atomic E-state index is 11.0. The number of allylic oxidation sites excluding steroid dienone is 1. The van der Waals surface area contributed by atoms with Gasteiger partial charge in [0, 0.05) is 11.6 Å². The zero-order valence-corrected chi connectivity index (χ0v) is 8.63. The number of nitrogens with zero attached hydrogens (tertiary/aromatic N) is 2. The predicted octanol–water partition coefficient (Wildman–Crippen LogP) is 1.52. The van der Waals surface area contributed by atoms with Gasteiger partial charge < -0.3 is 5.11 Å². The van der Waals surface area contributed by atoms with Gasteiger partial charge in [-0.25, -0.2) is 14.3 Å². The molecule has 0 aromatic heterocycles. The van der Waals surface area contributed by atoms with Crippen molar-refractivity contribution in [1.82, 2.24) is 4.48 Å². The van der Waals surface area contributed by atoms with Crippen molar-refractivity contribution in [3.05, 3.63) is 41.7 Å².